The molecule has 1 aromatic heterocycles. The van der Waals surface area contributed by atoms with Crippen molar-refractivity contribution in [3.8, 4) is 5.88 Å². The minimum absolute atomic E-state index is 0.377. The van der Waals surface area contributed by atoms with Crippen molar-refractivity contribution in [2.24, 2.45) is 0 Å². The van der Waals surface area contributed by atoms with E-state index in [9.17, 15) is 0 Å². The SMILES string of the molecule is CCOc1cc(N2CCC(OCCBr)CC2)ncn1. The molecule has 0 spiro atoms. The summed E-state index contributed by atoms with van der Waals surface area (Å²) in [6.45, 7) is 5.30. The van der Waals surface area contributed by atoms with Crippen molar-refractivity contribution in [2.75, 3.05) is 36.5 Å². The molecular formula is C13H20BrN3O2. The van der Waals surface area contributed by atoms with Crippen molar-refractivity contribution in [1.29, 1.82) is 0 Å². The second kappa shape index (κ2) is 7.65. The zero-order chi connectivity index (χ0) is 13.5. The standard InChI is InChI=1S/C13H20BrN3O2/c1-2-18-13-9-12(15-10-16-13)17-6-3-11(4-7-17)19-8-5-14/h9-11H,2-8H2,1H3. The van der Waals surface area contributed by atoms with Crippen LogP contribution in [0.5, 0.6) is 5.88 Å². The van der Waals surface area contributed by atoms with Crippen molar-refractivity contribution < 1.29 is 9.47 Å². The van der Waals surface area contributed by atoms with Gasteiger partial charge in [-0.15, -0.1) is 0 Å². The van der Waals surface area contributed by atoms with Crippen LogP contribution in [0.2, 0.25) is 0 Å². The first-order valence-corrected chi connectivity index (χ1v) is 7.83. The molecule has 0 unspecified atom stereocenters. The van der Waals surface area contributed by atoms with Gasteiger partial charge in [0.05, 0.1) is 19.3 Å². The lowest BCUT2D eigenvalue weighted by atomic mass is 10.1. The quantitative estimate of drug-likeness (QED) is 0.749. The number of rotatable bonds is 6. The molecule has 19 heavy (non-hydrogen) atoms. The zero-order valence-corrected chi connectivity index (χ0v) is 12.8. The third-order valence-electron chi connectivity index (χ3n) is 3.12. The maximum Gasteiger partial charge on any atom is 0.218 e. The highest BCUT2D eigenvalue weighted by Gasteiger charge is 2.20. The summed E-state index contributed by atoms with van der Waals surface area (Å²) in [6, 6.07) is 1.91. The number of anilines is 1. The topological polar surface area (TPSA) is 47.5 Å². The smallest absolute Gasteiger partial charge is 0.218 e. The van der Waals surface area contributed by atoms with E-state index >= 15 is 0 Å². The van der Waals surface area contributed by atoms with Crippen LogP contribution < -0.4 is 9.64 Å². The van der Waals surface area contributed by atoms with Gasteiger partial charge < -0.3 is 14.4 Å². The summed E-state index contributed by atoms with van der Waals surface area (Å²) < 4.78 is 11.2. The van der Waals surface area contributed by atoms with Gasteiger partial charge in [0.25, 0.3) is 0 Å². The summed E-state index contributed by atoms with van der Waals surface area (Å²) in [4.78, 5) is 10.7. The van der Waals surface area contributed by atoms with Gasteiger partial charge >= 0.3 is 0 Å². The summed E-state index contributed by atoms with van der Waals surface area (Å²) in [5.74, 6) is 1.59. The molecule has 1 aromatic rings. The van der Waals surface area contributed by atoms with Gasteiger partial charge in [0, 0.05) is 24.5 Å². The van der Waals surface area contributed by atoms with E-state index in [0.29, 0.717) is 18.6 Å². The van der Waals surface area contributed by atoms with Crippen LogP contribution in [0.4, 0.5) is 5.82 Å². The summed E-state index contributed by atoms with van der Waals surface area (Å²) >= 11 is 3.38. The Balaban J connectivity index is 1.88. The third-order valence-corrected chi connectivity index (χ3v) is 3.44. The Hall–Kier alpha value is -0.880. The number of alkyl halides is 1. The Morgan fingerprint density at radius 2 is 2.16 bits per heavy atom. The molecular weight excluding hydrogens is 310 g/mol. The lowest BCUT2D eigenvalue weighted by Crippen LogP contribution is -2.37. The monoisotopic (exact) mass is 329 g/mol. The molecule has 0 aromatic carbocycles. The Morgan fingerprint density at radius 3 is 2.84 bits per heavy atom. The van der Waals surface area contributed by atoms with Crippen molar-refractivity contribution in [3.05, 3.63) is 12.4 Å². The van der Waals surface area contributed by atoms with Gasteiger partial charge in [-0.1, -0.05) is 15.9 Å². The first kappa shape index (κ1) is 14.5. The molecule has 0 amide bonds. The van der Waals surface area contributed by atoms with Crippen molar-refractivity contribution >= 4 is 21.7 Å². The second-order valence-corrected chi connectivity index (χ2v) is 5.19. The van der Waals surface area contributed by atoms with E-state index < -0.39 is 0 Å². The zero-order valence-electron chi connectivity index (χ0n) is 11.2. The predicted octanol–water partition coefficient (Wildman–Crippen LogP) is 2.26. The number of piperidine rings is 1. The van der Waals surface area contributed by atoms with Gasteiger partial charge in [-0.25, -0.2) is 9.97 Å². The van der Waals surface area contributed by atoms with Crippen molar-refractivity contribution in [3.63, 3.8) is 0 Å². The van der Waals surface area contributed by atoms with Gasteiger partial charge in [-0.3, -0.25) is 0 Å². The fourth-order valence-corrected chi connectivity index (χ4v) is 2.38. The molecule has 0 atom stereocenters. The Morgan fingerprint density at radius 1 is 1.37 bits per heavy atom. The first-order valence-electron chi connectivity index (χ1n) is 6.71. The molecule has 1 fully saturated rings. The Bertz CT molecular complexity index is 384. The molecule has 1 aliphatic rings. The largest absolute Gasteiger partial charge is 0.478 e. The highest BCUT2D eigenvalue weighted by atomic mass is 79.9. The van der Waals surface area contributed by atoms with Crippen molar-refractivity contribution in [1.82, 2.24) is 9.97 Å². The molecule has 1 aliphatic heterocycles. The van der Waals surface area contributed by atoms with Gasteiger partial charge in [-0.2, -0.15) is 0 Å². The number of ether oxygens (including phenoxy) is 2. The molecule has 0 N–H and O–H groups in total. The molecule has 2 rings (SSSR count). The van der Waals surface area contributed by atoms with E-state index in [-0.39, 0.29) is 0 Å². The summed E-state index contributed by atoms with van der Waals surface area (Å²) in [7, 11) is 0. The summed E-state index contributed by atoms with van der Waals surface area (Å²) in [5, 5.41) is 0.900. The minimum atomic E-state index is 0.377. The van der Waals surface area contributed by atoms with E-state index in [1.165, 1.54) is 0 Å². The number of aromatic nitrogens is 2. The third kappa shape index (κ3) is 4.31. The first-order chi connectivity index (χ1) is 9.33. The minimum Gasteiger partial charge on any atom is -0.478 e. The van der Waals surface area contributed by atoms with Crippen LogP contribution in [-0.2, 0) is 4.74 Å². The predicted molar refractivity (Wildman–Crippen MR) is 78.2 cm³/mol. The number of halogens is 1. The van der Waals surface area contributed by atoms with Crippen LogP contribution in [0.25, 0.3) is 0 Å². The Kier molecular flexibility index (Phi) is 5.85. The van der Waals surface area contributed by atoms with Crippen LogP contribution in [-0.4, -0.2) is 47.7 Å². The molecule has 2 heterocycles. The van der Waals surface area contributed by atoms with Gasteiger partial charge in [0.1, 0.15) is 12.1 Å². The summed E-state index contributed by atoms with van der Waals surface area (Å²) in [6.07, 6.45) is 4.03. The van der Waals surface area contributed by atoms with Crippen LogP contribution in [0.1, 0.15) is 19.8 Å². The molecule has 0 saturated carbocycles. The van der Waals surface area contributed by atoms with Crippen molar-refractivity contribution in [2.45, 2.75) is 25.9 Å². The molecule has 0 aliphatic carbocycles. The lowest BCUT2D eigenvalue weighted by molar-refractivity contribution is 0.0480. The maximum absolute atomic E-state index is 5.75. The maximum atomic E-state index is 5.75. The molecule has 106 valence electrons. The second-order valence-electron chi connectivity index (χ2n) is 4.39. The van der Waals surface area contributed by atoms with E-state index in [1.54, 1.807) is 6.33 Å². The fourth-order valence-electron chi connectivity index (χ4n) is 2.19. The van der Waals surface area contributed by atoms with E-state index in [1.807, 2.05) is 13.0 Å². The van der Waals surface area contributed by atoms with E-state index in [4.69, 9.17) is 9.47 Å². The van der Waals surface area contributed by atoms with Gasteiger partial charge in [0.15, 0.2) is 0 Å². The lowest BCUT2D eigenvalue weighted by Gasteiger charge is -2.32. The number of hydrogen-bond donors (Lipinski definition) is 0. The van der Waals surface area contributed by atoms with Crippen LogP contribution in [0, 0.1) is 0 Å². The highest BCUT2D eigenvalue weighted by Crippen LogP contribution is 2.21. The average Bonchev–Trinajstić information content (AvgIpc) is 2.46. The van der Waals surface area contributed by atoms with Gasteiger partial charge in [-0.05, 0) is 19.8 Å². The number of hydrogen-bond acceptors (Lipinski definition) is 5. The molecule has 5 nitrogen and oxygen atoms in total. The van der Waals surface area contributed by atoms with Crippen LogP contribution in [0.15, 0.2) is 12.4 Å². The fraction of sp³-hybridized carbons (Fsp3) is 0.692. The van der Waals surface area contributed by atoms with Gasteiger partial charge in [0.2, 0.25) is 5.88 Å². The summed E-state index contributed by atoms with van der Waals surface area (Å²) in [5.41, 5.74) is 0. The van der Waals surface area contributed by atoms with E-state index in [0.717, 1.165) is 43.7 Å². The average molecular weight is 330 g/mol. The molecule has 6 heteroatoms. The highest BCUT2D eigenvalue weighted by molar-refractivity contribution is 9.09. The Labute approximate surface area is 122 Å². The number of nitrogens with zero attached hydrogens (tertiary/aromatic N) is 3. The normalized spacial score (nSPS) is 16.6. The van der Waals surface area contributed by atoms with Crippen LogP contribution in [0.3, 0.4) is 0 Å². The molecule has 1 saturated heterocycles. The molecule has 0 bridgehead atoms. The van der Waals surface area contributed by atoms with E-state index in [2.05, 4.69) is 30.8 Å². The van der Waals surface area contributed by atoms with Crippen LogP contribution >= 0.6 is 15.9 Å². The molecule has 0 radical (unpaired) electrons.